The van der Waals surface area contributed by atoms with Crippen LogP contribution in [0.1, 0.15) is 5.56 Å². The minimum atomic E-state index is -4.02. The van der Waals surface area contributed by atoms with Crippen molar-refractivity contribution in [1.29, 1.82) is 0 Å². The van der Waals surface area contributed by atoms with Crippen LogP contribution in [-0.4, -0.2) is 64.8 Å². The van der Waals surface area contributed by atoms with Crippen molar-refractivity contribution < 1.29 is 22.8 Å². The summed E-state index contributed by atoms with van der Waals surface area (Å²) in [5.41, 5.74) is 0.956. The van der Waals surface area contributed by atoms with Gasteiger partial charge in [-0.15, -0.1) is 0 Å². The molecule has 1 aromatic rings. The molecule has 0 saturated heterocycles. The highest BCUT2D eigenvalue weighted by Gasteiger charge is 2.23. The Hall–Kier alpha value is -1.07. The Morgan fingerprint density at radius 2 is 1.57 bits per heavy atom. The summed E-state index contributed by atoms with van der Waals surface area (Å²) in [5.74, 6) is -0.408. The normalized spacial score (nSPS) is 11.7. The standard InChI is InChI=1S/C7H19N3O2.C7H8O3S/c1-8-7(9-2,10-3)6-12-5-4-11;1-6-2-4-7(5-3-6)11(8,9)10/h8-11H,4-6H2,1-3H3;2-5H,1H3,(H,8,9,10). The van der Waals surface area contributed by atoms with Crippen LogP contribution in [0.15, 0.2) is 29.2 Å². The molecule has 0 aromatic heterocycles. The maximum Gasteiger partial charge on any atom is 0.294 e. The zero-order valence-corrected chi connectivity index (χ0v) is 14.8. The number of hydrogen-bond acceptors (Lipinski definition) is 7. The van der Waals surface area contributed by atoms with Crippen LogP contribution in [0.4, 0.5) is 0 Å². The smallest absolute Gasteiger partial charge is 0.294 e. The van der Waals surface area contributed by atoms with E-state index in [1.165, 1.54) is 12.1 Å². The van der Waals surface area contributed by atoms with Gasteiger partial charge in [0.25, 0.3) is 10.1 Å². The molecule has 0 radical (unpaired) electrons. The van der Waals surface area contributed by atoms with Crippen LogP contribution in [0.2, 0.25) is 0 Å². The SMILES string of the molecule is CNC(COCCO)(NC)NC.Cc1ccc(S(=O)(=O)O)cc1. The molecule has 0 saturated carbocycles. The number of benzene rings is 1. The van der Waals surface area contributed by atoms with Crippen LogP contribution in [-0.2, 0) is 14.9 Å². The summed E-state index contributed by atoms with van der Waals surface area (Å²) in [6.07, 6.45) is 0. The first-order chi connectivity index (χ1) is 10.7. The molecule has 5 N–H and O–H groups in total. The number of rotatable bonds is 8. The van der Waals surface area contributed by atoms with Crippen LogP contribution in [0.25, 0.3) is 0 Å². The van der Waals surface area contributed by atoms with E-state index in [0.717, 1.165) is 5.56 Å². The predicted molar refractivity (Wildman–Crippen MR) is 88.8 cm³/mol. The van der Waals surface area contributed by atoms with E-state index in [4.69, 9.17) is 14.4 Å². The molecule has 23 heavy (non-hydrogen) atoms. The van der Waals surface area contributed by atoms with Gasteiger partial charge >= 0.3 is 0 Å². The molecule has 0 aliphatic heterocycles. The molecule has 0 amide bonds. The highest BCUT2D eigenvalue weighted by molar-refractivity contribution is 7.85. The van der Waals surface area contributed by atoms with Gasteiger partial charge in [0.1, 0.15) is 5.79 Å². The second-order valence-corrected chi connectivity index (χ2v) is 6.14. The summed E-state index contributed by atoms with van der Waals surface area (Å²) in [7, 11) is 1.47. The van der Waals surface area contributed by atoms with Crippen LogP contribution >= 0.6 is 0 Å². The Bertz CT molecular complexity index is 522. The summed E-state index contributed by atoms with van der Waals surface area (Å²) in [6.45, 7) is 2.70. The van der Waals surface area contributed by atoms with Gasteiger partial charge in [0.05, 0.1) is 24.7 Å². The fourth-order valence-electron chi connectivity index (χ4n) is 1.59. The summed E-state index contributed by atoms with van der Waals surface area (Å²) in [4.78, 5) is -0.0666. The molecule has 9 heteroatoms. The van der Waals surface area contributed by atoms with Crippen molar-refractivity contribution in [3.8, 4) is 0 Å². The van der Waals surface area contributed by atoms with Crippen molar-refractivity contribution in [1.82, 2.24) is 16.0 Å². The van der Waals surface area contributed by atoms with E-state index in [-0.39, 0.29) is 11.5 Å². The van der Waals surface area contributed by atoms with Crippen LogP contribution < -0.4 is 16.0 Å². The molecule has 134 valence electrons. The van der Waals surface area contributed by atoms with Crippen molar-refractivity contribution in [2.24, 2.45) is 0 Å². The van der Waals surface area contributed by atoms with Crippen LogP contribution in [0, 0.1) is 6.92 Å². The summed E-state index contributed by atoms with van der Waals surface area (Å²) < 4.78 is 34.7. The minimum Gasteiger partial charge on any atom is -0.394 e. The van der Waals surface area contributed by atoms with Crippen molar-refractivity contribution in [3.05, 3.63) is 29.8 Å². The molecule has 0 fully saturated rings. The van der Waals surface area contributed by atoms with Crippen molar-refractivity contribution in [3.63, 3.8) is 0 Å². The Morgan fingerprint density at radius 1 is 1.09 bits per heavy atom. The molecule has 8 nitrogen and oxygen atoms in total. The Kier molecular flexibility index (Phi) is 10.2. The lowest BCUT2D eigenvalue weighted by molar-refractivity contribution is 0.0262. The molecule has 0 atom stereocenters. The summed E-state index contributed by atoms with van der Waals surface area (Å²) in [5, 5.41) is 17.6. The van der Waals surface area contributed by atoms with Crippen LogP contribution in [0.5, 0.6) is 0 Å². The quantitative estimate of drug-likeness (QED) is 0.243. The second-order valence-electron chi connectivity index (χ2n) is 4.72. The molecule has 0 aliphatic carbocycles. The number of hydrogen-bond donors (Lipinski definition) is 5. The van der Waals surface area contributed by atoms with Crippen molar-refractivity contribution in [2.75, 3.05) is 41.0 Å². The lowest BCUT2D eigenvalue weighted by Gasteiger charge is -2.32. The number of ether oxygens (including phenoxy) is 1. The minimum absolute atomic E-state index is 0.0488. The first-order valence-electron chi connectivity index (χ1n) is 7.04. The van der Waals surface area contributed by atoms with E-state index in [9.17, 15) is 8.42 Å². The average Bonchev–Trinajstić information content (AvgIpc) is 2.52. The summed E-state index contributed by atoms with van der Waals surface area (Å²) >= 11 is 0. The number of likely N-dealkylation sites (N-methyl/N-ethyl adjacent to an activating group) is 3. The largest absolute Gasteiger partial charge is 0.394 e. The van der Waals surface area contributed by atoms with Crippen molar-refractivity contribution >= 4 is 10.1 Å². The average molecular weight is 349 g/mol. The fraction of sp³-hybridized carbons (Fsp3) is 0.571. The van der Waals surface area contributed by atoms with Gasteiger partial charge in [-0.1, -0.05) is 17.7 Å². The molecule has 0 heterocycles. The highest BCUT2D eigenvalue weighted by atomic mass is 32.2. The monoisotopic (exact) mass is 349 g/mol. The molecule has 1 rings (SSSR count). The molecule has 0 bridgehead atoms. The Labute approximate surface area is 138 Å². The topological polar surface area (TPSA) is 120 Å². The van der Waals surface area contributed by atoms with Crippen LogP contribution in [0.3, 0.4) is 0 Å². The van der Waals surface area contributed by atoms with Gasteiger partial charge in [0.15, 0.2) is 0 Å². The first-order valence-corrected chi connectivity index (χ1v) is 8.48. The molecule has 0 spiro atoms. The molecular weight excluding hydrogens is 322 g/mol. The van der Waals surface area contributed by atoms with E-state index in [1.807, 2.05) is 28.1 Å². The lowest BCUT2D eigenvalue weighted by atomic mass is 10.2. The van der Waals surface area contributed by atoms with Gasteiger partial charge in [-0.05, 0) is 40.2 Å². The van der Waals surface area contributed by atoms with Gasteiger partial charge in [-0.2, -0.15) is 8.42 Å². The third kappa shape index (κ3) is 8.37. The zero-order chi connectivity index (χ0) is 17.9. The maximum absolute atomic E-state index is 10.5. The molecule has 0 unspecified atom stereocenters. The Morgan fingerprint density at radius 3 is 1.91 bits per heavy atom. The predicted octanol–water partition coefficient (Wildman–Crippen LogP) is -0.451. The van der Waals surface area contributed by atoms with Gasteiger partial charge in [0.2, 0.25) is 0 Å². The van der Waals surface area contributed by atoms with Gasteiger partial charge in [0, 0.05) is 0 Å². The molecular formula is C14H27N3O5S. The highest BCUT2D eigenvalue weighted by Crippen LogP contribution is 2.08. The maximum atomic E-state index is 10.5. The number of aliphatic hydroxyl groups is 1. The lowest BCUT2D eigenvalue weighted by Crippen LogP contribution is -2.66. The third-order valence-electron chi connectivity index (χ3n) is 3.15. The van der Waals surface area contributed by atoms with E-state index >= 15 is 0 Å². The van der Waals surface area contributed by atoms with Gasteiger partial charge in [-0.25, -0.2) is 0 Å². The third-order valence-corrected chi connectivity index (χ3v) is 4.02. The number of nitrogens with one attached hydrogen (secondary N) is 3. The summed E-state index contributed by atoms with van der Waals surface area (Å²) in [6, 6.07) is 5.99. The van der Waals surface area contributed by atoms with E-state index in [2.05, 4.69) is 16.0 Å². The number of aryl methyl sites for hydroxylation is 1. The van der Waals surface area contributed by atoms with Gasteiger partial charge in [-0.3, -0.25) is 20.5 Å². The van der Waals surface area contributed by atoms with E-state index in [0.29, 0.717) is 13.2 Å². The second kappa shape index (κ2) is 10.7. The Balaban J connectivity index is 0.000000422. The van der Waals surface area contributed by atoms with E-state index < -0.39 is 15.9 Å². The van der Waals surface area contributed by atoms with Crippen molar-refractivity contribution in [2.45, 2.75) is 17.6 Å². The fourth-order valence-corrected chi connectivity index (χ4v) is 2.07. The van der Waals surface area contributed by atoms with E-state index in [1.54, 1.807) is 12.1 Å². The molecule has 0 aliphatic rings. The number of aliphatic hydroxyl groups excluding tert-OH is 1. The first kappa shape index (κ1) is 21.9. The van der Waals surface area contributed by atoms with Gasteiger partial charge < -0.3 is 9.84 Å². The zero-order valence-electron chi connectivity index (χ0n) is 14.0. The molecule has 1 aromatic carbocycles.